The van der Waals surface area contributed by atoms with Gasteiger partial charge in [0, 0.05) is 27.8 Å². The molecule has 0 atom stereocenters. The summed E-state index contributed by atoms with van der Waals surface area (Å²) in [6.45, 7) is 0.0890. The Morgan fingerprint density at radius 3 is 2.41 bits per heavy atom. The number of ether oxygens (including phenoxy) is 2. The van der Waals surface area contributed by atoms with Gasteiger partial charge >= 0.3 is 11.8 Å². The van der Waals surface area contributed by atoms with Crippen LogP contribution in [0.1, 0.15) is 10.5 Å². The Morgan fingerprint density at radius 2 is 1.59 bits per heavy atom. The van der Waals surface area contributed by atoms with E-state index in [9.17, 15) is 14.4 Å². The molecule has 1 aromatic heterocycles. The molecule has 0 unspecified atom stereocenters. The van der Waals surface area contributed by atoms with Gasteiger partial charge in [-0.2, -0.15) is 0 Å². The van der Waals surface area contributed by atoms with E-state index in [1.165, 1.54) is 4.68 Å². The molecule has 1 aliphatic heterocycles. The highest BCUT2D eigenvalue weighted by Crippen LogP contribution is 2.34. The van der Waals surface area contributed by atoms with Crippen molar-refractivity contribution in [3.63, 3.8) is 0 Å². The number of aromatic nitrogens is 1. The van der Waals surface area contributed by atoms with Crippen LogP contribution in [-0.2, 0) is 9.59 Å². The van der Waals surface area contributed by atoms with Gasteiger partial charge in [-0.3, -0.25) is 19.8 Å². The summed E-state index contributed by atoms with van der Waals surface area (Å²) < 4.78 is 11.8. The van der Waals surface area contributed by atoms with E-state index in [1.54, 1.807) is 66.7 Å². The van der Waals surface area contributed by atoms with Gasteiger partial charge in [0.15, 0.2) is 11.5 Å². The first-order valence-corrected chi connectivity index (χ1v) is 10.5. The SMILES string of the molecule is O=C(Nc1ccc2c(c1)OCO2)C(=O)Nn1c(C(=O)Nc2ccccc2)cc2cc(Cl)ccc21. The molecule has 9 nitrogen and oxygen atoms in total. The van der Waals surface area contributed by atoms with Crippen LogP contribution in [0.2, 0.25) is 5.02 Å². The number of carbonyl (C=O) groups is 3. The van der Waals surface area contributed by atoms with Gasteiger partial charge in [-0.25, -0.2) is 4.68 Å². The Bertz CT molecular complexity index is 1430. The average molecular weight is 477 g/mol. The topological polar surface area (TPSA) is 111 Å². The van der Waals surface area contributed by atoms with E-state index in [2.05, 4.69) is 16.1 Å². The maximum atomic E-state index is 13.0. The molecule has 0 bridgehead atoms. The Kier molecular flexibility index (Phi) is 5.52. The Balaban J connectivity index is 1.40. The summed E-state index contributed by atoms with van der Waals surface area (Å²) in [4.78, 5) is 38.3. The number of para-hydroxylation sites is 1. The van der Waals surface area contributed by atoms with E-state index < -0.39 is 17.7 Å². The fraction of sp³-hybridized carbons (Fsp3) is 0.0417. The third-order valence-electron chi connectivity index (χ3n) is 5.08. The zero-order chi connectivity index (χ0) is 23.7. The molecule has 0 radical (unpaired) electrons. The molecule has 0 spiro atoms. The first-order chi connectivity index (χ1) is 16.5. The summed E-state index contributed by atoms with van der Waals surface area (Å²) in [7, 11) is 0. The predicted molar refractivity (Wildman–Crippen MR) is 127 cm³/mol. The molecule has 0 saturated heterocycles. The minimum absolute atomic E-state index is 0.0890. The number of carbonyl (C=O) groups excluding carboxylic acids is 3. The molecule has 5 rings (SSSR count). The second-order valence-corrected chi connectivity index (χ2v) is 7.79. The lowest BCUT2D eigenvalue weighted by Gasteiger charge is -2.13. The summed E-state index contributed by atoms with van der Waals surface area (Å²) in [5.41, 5.74) is 4.04. The van der Waals surface area contributed by atoms with Crippen LogP contribution in [0.5, 0.6) is 11.5 Å². The van der Waals surface area contributed by atoms with Gasteiger partial charge in [0.05, 0.1) is 5.52 Å². The Morgan fingerprint density at radius 1 is 0.794 bits per heavy atom. The van der Waals surface area contributed by atoms with E-state index in [4.69, 9.17) is 21.1 Å². The van der Waals surface area contributed by atoms with Crippen LogP contribution in [0, 0.1) is 0 Å². The molecule has 170 valence electrons. The summed E-state index contributed by atoms with van der Waals surface area (Å²) in [6.07, 6.45) is 0. The van der Waals surface area contributed by atoms with Crippen molar-refractivity contribution in [1.29, 1.82) is 0 Å². The van der Waals surface area contributed by atoms with Crippen LogP contribution in [0.3, 0.4) is 0 Å². The fourth-order valence-corrected chi connectivity index (χ4v) is 3.69. The number of nitrogens with zero attached hydrogens (tertiary/aromatic N) is 1. The molecule has 0 fully saturated rings. The molecule has 3 aromatic carbocycles. The maximum absolute atomic E-state index is 13.0. The largest absolute Gasteiger partial charge is 0.454 e. The Labute approximate surface area is 198 Å². The van der Waals surface area contributed by atoms with Crippen LogP contribution in [0.4, 0.5) is 11.4 Å². The molecule has 3 amide bonds. The lowest BCUT2D eigenvalue weighted by Crippen LogP contribution is -2.36. The van der Waals surface area contributed by atoms with Gasteiger partial charge in [-0.1, -0.05) is 29.8 Å². The van der Waals surface area contributed by atoms with Gasteiger partial charge in [-0.15, -0.1) is 0 Å². The van der Waals surface area contributed by atoms with Crippen LogP contribution >= 0.6 is 11.6 Å². The van der Waals surface area contributed by atoms with Crippen molar-refractivity contribution in [2.75, 3.05) is 22.9 Å². The maximum Gasteiger partial charge on any atom is 0.328 e. The van der Waals surface area contributed by atoms with Crippen molar-refractivity contribution >= 4 is 51.6 Å². The number of nitrogens with one attached hydrogen (secondary N) is 3. The van der Waals surface area contributed by atoms with E-state index >= 15 is 0 Å². The number of anilines is 2. The fourth-order valence-electron chi connectivity index (χ4n) is 3.50. The van der Waals surface area contributed by atoms with E-state index in [-0.39, 0.29) is 12.5 Å². The van der Waals surface area contributed by atoms with Crippen molar-refractivity contribution in [2.45, 2.75) is 0 Å². The minimum Gasteiger partial charge on any atom is -0.454 e. The number of fused-ring (bicyclic) bond motifs is 2. The van der Waals surface area contributed by atoms with Crippen molar-refractivity contribution in [3.05, 3.63) is 83.5 Å². The number of halogens is 1. The van der Waals surface area contributed by atoms with E-state index in [0.29, 0.717) is 38.8 Å². The van der Waals surface area contributed by atoms with Gasteiger partial charge in [-0.05, 0) is 48.5 Å². The first kappa shape index (κ1) is 21.4. The molecule has 34 heavy (non-hydrogen) atoms. The standard InChI is InChI=1S/C24H17ClN4O5/c25-15-6-8-18-14(10-15)11-19(22(30)26-16-4-2-1-3-5-16)29(18)28-24(32)23(31)27-17-7-9-20-21(12-17)34-13-33-20/h1-12H,13H2,(H,26,30)(H,27,31)(H,28,32). The highest BCUT2D eigenvalue weighted by molar-refractivity contribution is 6.42. The van der Waals surface area contributed by atoms with Crippen LogP contribution in [0.25, 0.3) is 10.9 Å². The zero-order valence-corrected chi connectivity index (χ0v) is 18.3. The summed E-state index contributed by atoms with van der Waals surface area (Å²) in [5.74, 6) is -1.36. The zero-order valence-electron chi connectivity index (χ0n) is 17.5. The van der Waals surface area contributed by atoms with Gasteiger partial charge in [0.1, 0.15) is 5.69 Å². The Hall–Kier alpha value is -4.50. The predicted octanol–water partition coefficient (Wildman–Crippen LogP) is 3.98. The molecule has 2 heterocycles. The monoisotopic (exact) mass is 476 g/mol. The molecule has 3 N–H and O–H groups in total. The van der Waals surface area contributed by atoms with Gasteiger partial charge in [0.2, 0.25) is 6.79 Å². The number of amides is 3. The van der Waals surface area contributed by atoms with Crippen molar-refractivity contribution in [3.8, 4) is 11.5 Å². The van der Waals surface area contributed by atoms with Crippen molar-refractivity contribution < 1.29 is 23.9 Å². The van der Waals surface area contributed by atoms with Crippen LogP contribution < -0.4 is 25.5 Å². The third kappa shape index (κ3) is 4.24. The third-order valence-corrected chi connectivity index (χ3v) is 5.31. The lowest BCUT2D eigenvalue weighted by atomic mass is 10.2. The van der Waals surface area contributed by atoms with Crippen LogP contribution in [0.15, 0.2) is 72.8 Å². The summed E-state index contributed by atoms with van der Waals surface area (Å²) >= 11 is 6.10. The number of rotatable bonds is 4. The van der Waals surface area contributed by atoms with E-state index in [0.717, 1.165) is 0 Å². The van der Waals surface area contributed by atoms with Crippen molar-refractivity contribution in [1.82, 2.24) is 4.68 Å². The molecule has 0 aliphatic carbocycles. The second-order valence-electron chi connectivity index (χ2n) is 7.35. The van der Waals surface area contributed by atoms with Crippen molar-refractivity contribution in [2.24, 2.45) is 0 Å². The normalized spacial score (nSPS) is 11.8. The summed E-state index contributed by atoms with van der Waals surface area (Å²) in [6, 6.07) is 20.1. The highest BCUT2D eigenvalue weighted by Gasteiger charge is 2.22. The second kappa shape index (κ2) is 8.80. The highest BCUT2D eigenvalue weighted by atomic mass is 35.5. The number of benzene rings is 3. The van der Waals surface area contributed by atoms with Gasteiger partial charge in [0.25, 0.3) is 5.91 Å². The van der Waals surface area contributed by atoms with Crippen LogP contribution in [-0.4, -0.2) is 29.2 Å². The number of hydrogen-bond acceptors (Lipinski definition) is 5. The molecular formula is C24H17ClN4O5. The lowest BCUT2D eigenvalue weighted by molar-refractivity contribution is -0.133. The molecule has 10 heteroatoms. The molecule has 4 aromatic rings. The molecule has 0 saturated carbocycles. The minimum atomic E-state index is -0.973. The molecular weight excluding hydrogens is 460 g/mol. The smallest absolute Gasteiger partial charge is 0.328 e. The average Bonchev–Trinajstić information content (AvgIpc) is 3.43. The van der Waals surface area contributed by atoms with E-state index in [1.807, 2.05) is 6.07 Å². The molecule has 1 aliphatic rings. The number of hydrogen-bond donors (Lipinski definition) is 3. The quantitative estimate of drug-likeness (QED) is 0.386. The van der Waals surface area contributed by atoms with Gasteiger partial charge < -0.3 is 20.1 Å². The summed E-state index contributed by atoms with van der Waals surface area (Å²) in [5, 5.41) is 6.36. The first-order valence-electron chi connectivity index (χ1n) is 10.2.